The Morgan fingerprint density at radius 1 is 1.17 bits per heavy atom. The van der Waals surface area contributed by atoms with Crippen LogP contribution in [0, 0.1) is 0 Å². The molecule has 5 heteroatoms. The number of rotatable bonds is 2. The van der Waals surface area contributed by atoms with Crippen LogP contribution < -0.4 is 10.6 Å². The van der Waals surface area contributed by atoms with E-state index in [4.69, 9.17) is 5.73 Å². The first-order valence-corrected chi connectivity index (χ1v) is 8.11. The molecule has 4 nitrogen and oxygen atoms in total. The summed E-state index contributed by atoms with van der Waals surface area (Å²) in [6.45, 7) is 3.34. The highest BCUT2D eigenvalue weighted by Gasteiger charge is 2.19. The van der Waals surface area contributed by atoms with Crippen molar-refractivity contribution >= 4 is 15.5 Å². The molecule has 1 heterocycles. The third-order valence-electron chi connectivity index (χ3n) is 3.34. The molecule has 1 aliphatic rings. The Morgan fingerprint density at radius 2 is 1.83 bits per heavy atom. The fourth-order valence-electron chi connectivity index (χ4n) is 2.19. The lowest BCUT2D eigenvalue weighted by atomic mass is 10.1. The van der Waals surface area contributed by atoms with E-state index < -0.39 is 9.84 Å². The van der Waals surface area contributed by atoms with Crippen LogP contribution in [-0.4, -0.2) is 33.0 Å². The lowest BCUT2D eigenvalue weighted by Gasteiger charge is -2.22. The Hall–Kier alpha value is -1.07. The summed E-state index contributed by atoms with van der Waals surface area (Å²) in [5.41, 5.74) is 7.99. The Kier molecular flexibility index (Phi) is 3.92. The molecule has 2 N–H and O–H groups in total. The van der Waals surface area contributed by atoms with Crippen LogP contribution in [0.15, 0.2) is 24.3 Å². The Balaban J connectivity index is 2.12. The predicted octanol–water partition coefficient (Wildman–Crippen LogP) is 1.33. The second-order valence-corrected chi connectivity index (χ2v) is 7.18. The highest BCUT2D eigenvalue weighted by atomic mass is 32.2. The molecule has 100 valence electrons. The number of hydrogen-bond donors (Lipinski definition) is 1. The topological polar surface area (TPSA) is 63.4 Å². The maximum absolute atomic E-state index is 11.5. The van der Waals surface area contributed by atoms with E-state index in [9.17, 15) is 8.42 Å². The smallest absolute Gasteiger partial charge is 0.152 e. The van der Waals surface area contributed by atoms with Crippen LogP contribution >= 0.6 is 0 Å². The van der Waals surface area contributed by atoms with E-state index in [1.165, 1.54) is 0 Å². The van der Waals surface area contributed by atoms with Crippen LogP contribution in [0.1, 0.15) is 24.9 Å². The second-order valence-electron chi connectivity index (χ2n) is 4.87. The van der Waals surface area contributed by atoms with Gasteiger partial charge in [0.05, 0.1) is 11.5 Å². The molecule has 0 aliphatic carbocycles. The fourth-order valence-corrected chi connectivity index (χ4v) is 3.46. The predicted molar refractivity (Wildman–Crippen MR) is 74.5 cm³/mol. The van der Waals surface area contributed by atoms with Crippen LogP contribution in [0.2, 0.25) is 0 Å². The third-order valence-corrected chi connectivity index (χ3v) is 5.05. The van der Waals surface area contributed by atoms with Crippen molar-refractivity contribution < 1.29 is 8.42 Å². The number of benzene rings is 1. The van der Waals surface area contributed by atoms with Gasteiger partial charge >= 0.3 is 0 Å². The molecule has 1 aliphatic heterocycles. The lowest BCUT2D eigenvalue weighted by Crippen LogP contribution is -2.26. The van der Waals surface area contributed by atoms with Crippen molar-refractivity contribution in [2.75, 3.05) is 29.5 Å². The molecule has 2 rings (SSSR count). The Bertz CT molecular complexity index is 494. The van der Waals surface area contributed by atoms with Crippen molar-refractivity contribution in [1.82, 2.24) is 0 Å². The normalized spacial score (nSPS) is 21.3. The minimum atomic E-state index is -2.84. The summed E-state index contributed by atoms with van der Waals surface area (Å²) >= 11 is 0. The average Bonchev–Trinajstić information content (AvgIpc) is 2.50. The van der Waals surface area contributed by atoms with E-state index in [2.05, 4.69) is 4.90 Å². The van der Waals surface area contributed by atoms with Gasteiger partial charge in [0, 0.05) is 24.8 Å². The fraction of sp³-hybridized carbons (Fsp3) is 0.538. The SMILES string of the molecule is C[C@@H](N)c1ccc(N2CCCS(=O)(=O)CC2)cc1. The van der Waals surface area contributed by atoms with Gasteiger partial charge < -0.3 is 10.6 Å². The summed E-state index contributed by atoms with van der Waals surface area (Å²) in [7, 11) is -2.84. The maximum Gasteiger partial charge on any atom is 0.152 e. The number of anilines is 1. The van der Waals surface area contributed by atoms with Crippen molar-refractivity contribution in [1.29, 1.82) is 0 Å². The largest absolute Gasteiger partial charge is 0.370 e. The summed E-state index contributed by atoms with van der Waals surface area (Å²) in [6, 6.07) is 8.11. The van der Waals surface area contributed by atoms with Gasteiger partial charge in [-0.05, 0) is 31.0 Å². The molecular formula is C13H20N2O2S. The molecule has 0 spiro atoms. The third kappa shape index (κ3) is 3.23. The van der Waals surface area contributed by atoms with Gasteiger partial charge in [-0.15, -0.1) is 0 Å². The van der Waals surface area contributed by atoms with Gasteiger partial charge in [-0.2, -0.15) is 0 Å². The number of nitrogens with two attached hydrogens (primary N) is 1. The van der Waals surface area contributed by atoms with E-state index in [0.717, 1.165) is 17.8 Å². The maximum atomic E-state index is 11.5. The molecule has 0 aromatic heterocycles. The first-order valence-electron chi connectivity index (χ1n) is 6.29. The molecule has 0 bridgehead atoms. The average molecular weight is 268 g/mol. The van der Waals surface area contributed by atoms with Crippen LogP contribution in [0.3, 0.4) is 0 Å². The number of hydrogen-bond acceptors (Lipinski definition) is 4. The lowest BCUT2D eigenvalue weighted by molar-refractivity contribution is 0.597. The highest BCUT2D eigenvalue weighted by molar-refractivity contribution is 7.91. The molecule has 18 heavy (non-hydrogen) atoms. The van der Waals surface area contributed by atoms with Gasteiger partial charge in [0.25, 0.3) is 0 Å². The zero-order valence-corrected chi connectivity index (χ0v) is 11.5. The van der Waals surface area contributed by atoms with E-state index in [1.807, 2.05) is 31.2 Å². The molecule has 0 saturated carbocycles. The molecule has 0 unspecified atom stereocenters. The summed E-state index contributed by atoms with van der Waals surface area (Å²) < 4.78 is 23.1. The molecule has 1 aromatic rings. The summed E-state index contributed by atoms with van der Waals surface area (Å²) in [5, 5.41) is 0. The molecule has 1 aromatic carbocycles. The summed E-state index contributed by atoms with van der Waals surface area (Å²) in [6.07, 6.45) is 0.706. The molecular weight excluding hydrogens is 248 g/mol. The summed E-state index contributed by atoms with van der Waals surface area (Å²) in [4.78, 5) is 2.13. The van der Waals surface area contributed by atoms with E-state index in [1.54, 1.807) is 0 Å². The van der Waals surface area contributed by atoms with Crippen molar-refractivity contribution in [3.05, 3.63) is 29.8 Å². The van der Waals surface area contributed by atoms with E-state index in [-0.39, 0.29) is 11.8 Å². The monoisotopic (exact) mass is 268 g/mol. The van der Waals surface area contributed by atoms with Gasteiger partial charge in [-0.25, -0.2) is 8.42 Å². The number of nitrogens with zero attached hydrogens (tertiary/aromatic N) is 1. The zero-order chi connectivity index (χ0) is 13.2. The van der Waals surface area contributed by atoms with Gasteiger partial charge in [-0.1, -0.05) is 12.1 Å². The first-order chi connectivity index (χ1) is 8.48. The van der Waals surface area contributed by atoms with Crippen LogP contribution in [-0.2, 0) is 9.84 Å². The standard InChI is InChI=1S/C13H20N2O2S/c1-11(14)12-3-5-13(6-4-12)15-7-2-9-18(16,17)10-8-15/h3-6,11H,2,7-10,14H2,1H3/t11-/m1/s1. The second kappa shape index (κ2) is 5.28. The van der Waals surface area contributed by atoms with Crippen molar-refractivity contribution in [3.63, 3.8) is 0 Å². The molecule has 1 fully saturated rings. The molecule has 1 atom stereocenters. The Morgan fingerprint density at radius 3 is 2.44 bits per heavy atom. The minimum Gasteiger partial charge on any atom is -0.370 e. The zero-order valence-electron chi connectivity index (χ0n) is 10.7. The highest BCUT2D eigenvalue weighted by Crippen LogP contribution is 2.20. The van der Waals surface area contributed by atoms with Crippen LogP contribution in [0.5, 0.6) is 0 Å². The minimum absolute atomic E-state index is 0.0311. The van der Waals surface area contributed by atoms with E-state index in [0.29, 0.717) is 18.7 Å². The molecule has 1 saturated heterocycles. The quantitative estimate of drug-likeness (QED) is 0.879. The van der Waals surface area contributed by atoms with Gasteiger partial charge in [-0.3, -0.25) is 0 Å². The van der Waals surface area contributed by atoms with Crippen LogP contribution in [0.25, 0.3) is 0 Å². The van der Waals surface area contributed by atoms with E-state index >= 15 is 0 Å². The molecule has 0 amide bonds. The first kappa shape index (κ1) is 13.4. The van der Waals surface area contributed by atoms with Gasteiger partial charge in [0.2, 0.25) is 0 Å². The molecule has 0 radical (unpaired) electrons. The van der Waals surface area contributed by atoms with Crippen molar-refractivity contribution in [3.8, 4) is 0 Å². The Labute approximate surface area is 109 Å². The van der Waals surface area contributed by atoms with Crippen LogP contribution in [0.4, 0.5) is 5.69 Å². The van der Waals surface area contributed by atoms with Gasteiger partial charge in [0.15, 0.2) is 9.84 Å². The van der Waals surface area contributed by atoms with Crippen molar-refractivity contribution in [2.24, 2.45) is 5.73 Å². The van der Waals surface area contributed by atoms with Crippen molar-refractivity contribution in [2.45, 2.75) is 19.4 Å². The summed E-state index contributed by atoms with van der Waals surface area (Å²) in [5.74, 6) is 0.559. The number of sulfone groups is 1. The van der Waals surface area contributed by atoms with Gasteiger partial charge in [0.1, 0.15) is 0 Å².